The highest BCUT2D eigenvalue weighted by atomic mass is 16.4. The number of carboxylic acids is 1. The third-order valence-electron chi connectivity index (χ3n) is 2.32. The van der Waals surface area contributed by atoms with E-state index in [4.69, 9.17) is 5.11 Å². The van der Waals surface area contributed by atoms with Gasteiger partial charge in [-0.1, -0.05) is 0 Å². The van der Waals surface area contributed by atoms with Gasteiger partial charge in [-0.15, -0.1) is 0 Å². The van der Waals surface area contributed by atoms with E-state index in [1.165, 1.54) is 0 Å². The minimum absolute atomic E-state index is 0.104. The van der Waals surface area contributed by atoms with Crippen LogP contribution in [0.4, 0.5) is 4.79 Å². The van der Waals surface area contributed by atoms with Crippen LogP contribution in [0.15, 0.2) is 0 Å². The van der Waals surface area contributed by atoms with E-state index in [-0.39, 0.29) is 18.6 Å². The van der Waals surface area contributed by atoms with Crippen molar-refractivity contribution < 1.29 is 14.7 Å². The number of rotatable bonds is 3. The van der Waals surface area contributed by atoms with Crippen LogP contribution in [0.1, 0.15) is 20.8 Å². The molecule has 2 N–H and O–H groups in total. The fourth-order valence-corrected chi connectivity index (χ4v) is 1.44. The Morgan fingerprint density at radius 3 is 2.64 bits per heavy atom. The largest absolute Gasteiger partial charge is 0.481 e. The first-order valence-corrected chi connectivity index (χ1v) is 4.62. The molecule has 5 nitrogen and oxygen atoms in total. The summed E-state index contributed by atoms with van der Waals surface area (Å²) in [4.78, 5) is 23.7. The SMILES string of the molecule is CC1CN(CC(C)(C)C(=O)O)C(=O)N1. The molecule has 0 aliphatic carbocycles. The minimum Gasteiger partial charge on any atom is -0.481 e. The Morgan fingerprint density at radius 1 is 1.71 bits per heavy atom. The molecule has 1 atom stereocenters. The summed E-state index contributed by atoms with van der Waals surface area (Å²) in [7, 11) is 0. The molecule has 1 saturated heterocycles. The number of aliphatic carboxylic acids is 1. The third kappa shape index (κ3) is 2.16. The molecule has 0 aromatic heterocycles. The lowest BCUT2D eigenvalue weighted by Gasteiger charge is -2.25. The van der Waals surface area contributed by atoms with Crippen LogP contribution in [0.25, 0.3) is 0 Å². The van der Waals surface area contributed by atoms with Crippen molar-refractivity contribution in [2.45, 2.75) is 26.8 Å². The first kappa shape index (κ1) is 10.8. The fraction of sp³-hybridized carbons (Fsp3) is 0.778. The van der Waals surface area contributed by atoms with Crippen molar-refractivity contribution in [1.82, 2.24) is 10.2 Å². The van der Waals surface area contributed by atoms with E-state index in [0.29, 0.717) is 6.54 Å². The molecule has 0 spiro atoms. The van der Waals surface area contributed by atoms with Crippen molar-refractivity contribution in [2.24, 2.45) is 5.41 Å². The zero-order valence-electron chi connectivity index (χ0n) is 8.70. The van der Waals surface area contributed by atoms with Gasteiger partial charge in [-0.3, -0.25) is 4.79 Å². The average molecular weight is 200 g/mol. The summed E-state index contributed by atoms with van der Waals surface area (Å²) in [6, 6.07) is -0.0704. The van der Waals surface area contributed by atoms with Crippen molar-refractivity contribution in [3.63, 3.8) is 0 Å². The first-order valence-electron chi connectivity index (χ1n) is 4.62. The highest BCUT2D eigenvalue weighted by Gasteiger charge is 2.35. The van der Waals surface area contributed by atoms with E-state index < -0.39 is 11.4 Å². The predicted octanol–water partition coefficient (Wildman–Crippen LogP) is 0.511. The van der Waals surface area contributed by atoms with Gasteiger partial charge in [-0.05, 0) is 20.8 Å². The second-order valence-electron chi connectivity index (χ2n) is 4.42. The molecule has 0 aromatic carbocycles. The van der Waals surface area contributed by atoms with Crippen LogP contribution >= 0.6 is 0 Å². The average Bonchev–Trinajstić information content (AvgIpc) is 2.29. The molecule has 0 bridgehead atoms. The van der Waals surface area contributed by atoms with Gasteiger partial charge in [0.25, 0.3) is 0 Å². The number of amides is 2. The first-order chi connectivity index (χ1) is 6.33. The summed E-state index contributed by atoms with van der Waals surface area (Å²) in [6.45, 7) is 5.96. The maximum Gasteiger partial charge on any atom is 0.317 e. The maximum atomic E-state index is 11.3. The summed E-state index contributed by atoms with van der Waals surface area (Å²) < 4.78 is 0. The molecule has 1 heterocycles. The van der Waals surface area contributed by atoms with Gasteiger partial charge in [0.05, 0.1) is 5.41 Å². The second-order valence-corrected chi connectivity index (χ2v) is 4.42. The number of carboxylic acid groups (broad SMARTS) is 1. The topological polar surface area (TPSA) is 69.6 Å². The number of carbonyl (C=O) groups excluding carboxylic acids is 1. The van der Waals surface area contributed by atoms with Gasteiger partial charge in [0, 0.05) is 19.1 Å². The predicted molar refractivity (Wildman–Crippen MR) is 51.0 cm³/mol. The van der Waals surface area contributed by atoms with Crippen molar-refractivity contribution >= 4 is 12.0 Å². The molecule has 1 unspecified atom stereocenters. The molecule has 5 heteroatoms. The molecule has 0 saturated carbocycles. The Bertz CT molecular complexity index is 263. The van der Waals surface area contributed by atoms with Crippen LogP contribution in [0.3, 0.4) is 0 Å². The number of nitrogens with zero attached hydrogens (tertiary/aromatic N) is 1. The maximum absolute atomic E-state index is 11.3. The van der Waals surface area contributed by atoms with Crippen molar-refractivity contribution in [3.8, 4) is 0 Å². The van der Waals surface area contributed by atoms with Crippen LogP contribution in [0, 0.1) is 5.41 Å². The second kappa shape index (κ2) is 3.48. The van der Waals surface area contributed by atoms with Crippen molar-refractivity contribution in [1.29, 1.82) is 0 Å². The number of urea groups is 1. The Kier molecular flexibility index (Phi) is 2.69. The van der Waals surface area contributed by atoms with Gasteiger partial charge in [0.1, 0.15) is 0 Å². The summed E-state index contributed by atoms with van der Waals surface area (Å²) in [5.74, 6) is -0.884. The number of hydrogen-bond donors (Lipinski definition) is 2. The molecule has 1 aliphatic rings. The monoisotopic (exact) mass is 200 g/mol. The molecule has 0 aromatic rings. The number of carbonyl (C=O) groups is 2. The highest BCUT2D eigenvalue weighted by molar-refractivity contribution is 5.79. The molecule has 0 radical (unpaired) electrons. The van der Waals surface area contributed by atoms with Crippen molar-refractivity contribution in [3.05, 3.63) is 0 Å². The minimum atomic E-state index is -0.888. The lowest BCUT2D eigenvalue weighted by molar-refractivity contribution is -0.147. The van der Waals surface area contributed by atoms with Crippen LogP contribution in [-0.4, -0.2) is 41.1 Å². The van der Waals surface area contributed by atoms with E-state index in [2.05, 4.69) is 5.32 Å². The van der Waals surface area contributed by atoms with Crippen LogP contribution in [0.5, 0.6) is 0 Å². The molecular formula is C9H16N2O3. The van der Waals surface area contributed by atoms with E-state index >= 15 is 0 Å². The van der Waals surface area contributed by atoms with Crippen LogP contribution in [0.2, 0.25) is 0 Å². The normalized spacial score (nSPS) is 22.4. The summed E-state index contributed by atoms with van der Waals surface area (Å²) in [5.41, 5.74) is -0.888. The zero-order valence-corrected chi connectivity index (χ0v) is 8.70. The van der Waals surface area contributed by atoms with Gasteiger partial charge in [-0.2, -0.15) is 0 Å². The van der Waals surface area contributed by atoms with E-state index in [1.54, 1.807) is 18.7 Å². The number of hydrogen-bond acceptors (Lipinski definition) is 2. The molecular weight excluding hydrogens is 184 g/mol. The highest BCUT2D eigenvalue weighted by Crippen LogP contribution is 2.19. The number of nitrogens with one attached hydrogen (secondary N) is 1. The van der Waals surface area contributed by atoms with E-state index in [1.807, 2.05) is 6.92 Å². The summed E-state index contributed by atoms with van der Waals surface area (Å²) in [6.07, 6.45) is 0. The quantitative estimate of drug-likeness (QED) is 0.697. The molecule has 2 amide bonds. The van der Waals surface area contributed by atoms with E-state index in [9.17, 15) is 9.59 Å². The lowest BCUT2D eigenvalue weighted by atomic mass is 9.93. The summed E-state index contributed by atoms with van der Waals surface area (Å²) >= 11 is 0. The third-order valence-corrected chi connectivity index (χ3v) is 2.32. The Morgan fingerprint density at radius 2 is 2.29 bits per heavy atom. The standard InChI is InChI=1S/C9H16N2O3/c1-6-4-11(8(14)10-6)5-9(2,3)7(12)13/h6H,4-5H2,1-3H3,(H,10,14)(H,12,13). The lowest BCUT2D eigenvalue weighted by Crippen LogP contribution is -2.40. The fourth-order valence-electron chi connectivity index (χ4n) is 1.44. The van der Waals surface area contributed by atoms with Crippen LogP contribution < -0.4 is 5.32 Å². The molecule has 14 heavy (non-hydrogen) atoms. The van der Waals surface area contributed by atoms with Gasteiger partial charge < -0.3 is 15.3 Å². The Labute approximate surface area is 83.1 Å². The van der Waals surface area contributed by atoms with Crippen molar-refractivity contribution in [2.75, 3.05) is 13.1 Å². The van der Waals surface area contributed by atoms with Gasteiger partial charge >= 0.3 is 12.0 Å². The Hall–Kier alpha value is -1.26. The molecule has 1 rings (SSSR count). The molecule has 80 valence electrons. The Balaban J connectivity index is 2.61. The molecule has 1 fully saturated rings. The van der Waals surface area contributed by atoms with Crippen LogP contribution in [-0.2, 0) is 4.79 Å². The smallest absolute Gasteiger partial charge is 0.317 e. The van der Waals surface area contributed by atoms with Gasteiger partial charge in [-0.25, -0.2) is 4.79 Å². The zero-order chi connectivity index (χ0) is 10.9. The van der Waals surface area contributed by atoms with E-state index in [0.717, 1.165) is 0 Å². The van der Waals surface area contributed by atoms with Gasteiger partial charge in [0.2, 0.25) is 0 Å². The molecule has 1 aliphatic heterocycles. The van der Waals surface area contributed by atoms with Gasteiger partial charge in [0.15, 0.2) is 0 Å². The summed E-state index contributed by atoms with van der Waals surface area (Å²) in [5, 5.41) is 11.6.